The summed E-state index contributed by atoms with van der Waals surface area (Å²) in [5.74, 6) is 0.400. The molecule has 0 aliphatic carbocycles. The number of hydrogen-bond acceptors (Lipinski definition) is 5. The Balaban J connectivity index is 2.37. The average molecular weight is 302 g/mol. The van der Waals surface area contributed by atoms with E-state index in [9.17, 15) is 13.2 Å². The fourth-order valence-corrected chi connectivity index (χ4v) is 1.93. The fourth-order valence-electron chi connectivity index (χ4n) is 1.36. The third-order valence-corrected chi connectivity index (χ3v) is 3.80. The lowest BCUT2D eigenvalue weighted by Crippen LogP contribution is -2.35. The molecule has 0 unspecified atom stereocenters. The zero-order chi connectivity index (χ0) is 15.0. The van der Waals surface area contributed by atoms with Gasteiger partial charge in [0.1, 0.15) is 0 Å². The van der Waals surface area contributed by atoms with Crippen LogP contribution in [0.2, 0.25) is 0 Å². The molecule has 0 aliphatic rings. The molecule has 0 aromatic heterocycles. The molecule has 1 aromatic rings. The molecule has 0 spiro atoms. The SMILES string of the molecule is CNS(=O)(=O)CCNC(=O)COc1ccccc1OC. The van der Waals surface area contributed by atoms with Crippen LogP contribution in [0.3, 0.4) is 0 Å². The molecule has 0 saturated carbocycles. The standard InChI is InChI=1S/C12H18N2O5S/c1-13-20(16,17)8-7-14-12(15)9-19-11-6-4-3-5-10(11)18-2/h3-6,13H,7-9H2,1-2H3,(H,14,15). The summed E-state index contributed by atoms with van der Waals surface area (Å²) < 4.78 is 34.8. The van der Waals surface area contributed by atoms with Gasteiger partial charge in [-0.05, 0) is 19.2 Å². The molecule has 0 fully saturated rings. The van der Waals surface area contributed by atoms with E-state index in [1.165, 1.54) is 14.2 Å². The molecule has 20 heavy (non-hydrogen) atoms. The van der Waals surface area contributed by atoms with Crippen LogP contribution in [-0.2, 0) is 14.8 Å². The van der Waals surface area contributed by atoms with E-state index in [2.05, 4.69) is 10.0 Å². The number of hydrogen-bond donors (Lipinski definition) is 2. The summed E-state index contributed by atoms with van der Waals surface area (Å²) in [5.41, 5.74) is 0. The van der Waals surface area contributed by atoms with Crippen LogP contribution < -0.4 is 19.5 Å². The molecule has 8 heteroatoms. The zero-order valence-electron chi connectivity index (χ0n) is 11.4. The summed E-state index contributed by atoms with van der Waals surface area (Å²) in [5, 5.41) is 2.46. The molecule has 0 atom stereocenters. The lowest BCUT2D eigenvalue weighted by molar-refractivity contribution is -0.122. The topological polar surface area (TPSA) is 93.7 Å². The van der Waals surface area contributed by atoms with Crippen molar-refractivity contribution < 1.29 is 22.7 Å². The van der Waals surface area contributed by atoms with Gasteiger partial charge in [0.2, 0.25) is 10.0 Å². The first-order valence-corrected chi connectivity index (χ1v) is 7.57. The maximum Gasteiger partial charge on any atom is 0.257 e. The summed E-state index contributed by atoms with van der Waals surface area (Å²) in [4.78, 5) is 11.5. The van der Waals surface area contributed by atoms with Gasteiger partial charge in [-0.25, -0.2) is 13.1 Å². The Kier molecular flexibility index (Phi) is 6.26. The summed E-state index contributed by atoms with van der Waals surface area (Å²) in [7, 11) is -0.492. The Morgan fingerprint density at radius 2 is 1.90 bits per heavy atom. The van der Waals surface area contributed by atoms with Gasteiger partial charge in [0, 0.05) is 6.54 Å². The minimum absolute atomic E-state index is 0.0251. The van der Waals surface area contributed by atoms with Crippen molar-refractivity contribution in [1.82, 2.24) is 10.0 Å². The minimum Gasteiger partial charge on any atom is -0.493 e. The second-order valence-corrected chi connectivity index (χ2v) is 5.86. The Hall–Kier alpha value is -1.80. The lowest BCUT2D eigenvalue weighted by atomic mass is 10.3. The van der Waals surface area contributed by atoms with Crippen molar-refractivity contribution in [1.29, 1.82) is 0 Å². The first-order valence-electron chi connectivity index (χ1n) is 5.92. The number of nitrogens with one attached hydrogen (secondary N) is 2. The average Bonchev–Trinajstić information content (AvgIpc) is 2.45. The molecule has 0 radical (unpaired) electrons. The summed E-state index contributed by atoms with van der Waals surface area (Å²) >= 11 is 0. The molecular weight excluding hydrogens is 284 g/mol. The highest BCUT2D eigenvalue weighted by Gasteiger charge is 2.09. The van der Waals surface area contributed by atoms with Crippen molar-refractivity contribution in [3.63, 3.8) is 0 Å². The van der Waals surface area contributed by atoms with Crippen molar-refractivity contribution in [2.45, 2.75) is 0 Å². The van der Waals surface area contributed by atoms with Gasteiger partial charge >= 0.3 is 0 Å². The van der Waals surface area contributed by atoms with Crippen molar-refractivity contribution >= 4 is 15.9 Å². The van der Waals surface area contributed by atoms with Gasteiger partial charge in [-0.1, -0.05) is 12.1 Å². The number of benzene rings is 1. The molecule has 112 valence electrons. The number of rotatable bonds is 8. The second kappa shape index (κ2) is 7.71. The van der Waals surface area contributed by atoms with Crippen molar-refractivity contribution in [2.75, 3.05) is 33.1 Å². The smallest absolute Gasteiger partial charge is 0.257 e. The molecule has 0 aliphatic heterocycles. The normalized spacial score (nSPS) is 10.9. The van der Waals surface area contributed by atoms with Gasteiger partial charge in [-0.3, -0.25) is 4.79 Å². The van der Waals surface area contributed by atoms with Gasteiger partial charge in [0.25, 0.3) is 5.91 Å². The number of ether oxygens (including phenoxy) is 2. The Morgan fingerprint density at radius 3 is 2.50 bits per heavy atom. The van der Waals surface area contributed by atoms with Crippen molar-refractivity contribution in [3.8, 4) is 11.5 Å². The maximum absolute atomic E-state index is 11.5. The molecular formula is C12H18N2O5S. The maximum atomic E-state index is 11.5. The van der Waals surface area contributed by atoms with Crippen LogP contribution in [0.5, 0.6) is 11.5 Å². The first-order chi connectivity index (χ1) is 9.48. The van der Waals surface area contributed by atoms with E-state index in [4.69, 9.17) is 9.47 Å². The van der Waals surface area contributed by atoms with Crippen LogP contribution in [0, 0.1) is 0 Å². The molecule has 2 N–H and O–H groups in total. The number of methoxy groups -OCH3 is 1. The van der Waals surface area contributed by atoms with Crippen LogP contribution in [0.15, 0.2) is 24.3 Å². The molecule has 1 aromatic carbocycles. The van der Waals surface area contributed by atoms with Crippen LogP contribution in [0.4, 0.5) is 0 Å². The van der Waals surface area contributed by atoms with Gasteiger partial charge in [-0.2, -0.15) is 0 Å². The third kappa shape index (κ3) is 5.45. The number of amides is 1. The Bertz CT molecular complexity index is 545. The lowest BCUT2D eigenvalue weighted by Gasteiger charge is -2.10. The highest BCUT2D eigenvalue weighted by molar-refractivity contribution is 7.89. The van der Waals surface area contributed by atoms with Crippen molar-refractivity contribution in [3.05, 3.63) is 24.3 Å². The number of sulfonamides is 1. The number of carbonyl (C=O) groups is 1. The molecule has 7 nitrogen and oxygen atoms in total. The van der Waals surface area contributed by atoms with E-state index >= 15 is 0 Å². The quantitative estimate of drug-likeness (QED) is 0.690. The Morgan fingerprint density at radius 1 is 1.25 bits per heavy atom. The molecule has 0 saturated heterocycles. The third-order valence-electron chi connectivity index (χ3n) is 2.43. The highest BCUT2D eigenvalue weighted by atomic mass is 32.2. The summed E-state index contributed by atoms with van der Waals surface area (Å²) in [6.45, 7) is -0.183. The predicted molar refractivity (Wildman–Crippen MR) is 74.3 cm³/mol. The second-order valence-electron chi connectivity index (χ2n) is 3.81. The molecule has 0 bridgehead atoms. The van der Waals surface area contributed by atoms with Crippen LogP contribution in [0.25, 0.3) is 0 Å². The van der Waals surface area contributed by atoms with E-state index in [-0.39, 0.29) is 18.9 Å². The van der Waals surface area contributed by atoms with Crippen LogP contribution >= 0.6 is 0 Å². The van der Waals surface area contributed by atoms with E-state index in [0.717, 1.165) is 0 Å². The largest absolute Gasteiger partial charge is 0.493 e. The summed E-state index contributed by atoms with van der Waals surface area (Å²) in [6, 6.07) is 6.94. The van der Waals surface area contributed by atoms with E-state index in [1.807, 2.05) is 0 Å². The minimum atomic E-state index is -3.32. The van der Waals surface area contributed by atoms with Gasteiger partial charge in [0.05, 0.1) is 12.9 Å². The number of para-hydroxylation sites is 2. The molecule has 0 heterocycles. The van der Waals surface area contributed by atoms with Gasteiger partial charge in [-0.15, -0.1) is 0 Å². The summed E-state index contributed by atoms with van der Waals surface area (Å²) in [6.07, 6.45) is 0. The van der Waals surface area contributed by atoms with E-state index in [1.54, 1.807) is 24.3 Å². The zero-order valence-corrected chi connectivity index (χ0v) is 12.2. The molecule has 1 amide bonds. The van der Waals surface area contributed by atoms with Crippen LogP contribution in [0.1, 0.15) is 0 Å². The van der Waals surface area contributed by atoms with Crippen LogP contribution in [-0.4, -0.2) is 47.4 Å². The number of carbonyl (C=O) groups excluding carboxylic acids is 1. The van der Waals surface area contributed by atoms with Crippen molar-refractivity contribution in [2.24, 2.45) is 0 Å². The first kappa shape index (κ1) is 16.3. The fraction of sp³-hybridized carbons (Fsp3) is 0.417. The van der Waals surface area contributed by atoms with Gasteiger partial charge in [0.15, 0.2) is 18.1 Å². The monoisotopic (exact) mass is 302 g/mol. The van der Waals surface area contributed by atoms with E-state index < -0.39 is 15.9 Å². The highest BCUT2D eigenvalue weighted by Crippen LogP contribution is 2.25. The predicted octanol–water partition coefficient (Wildman–Crippen LogP) is -0.261. The Labute approximate surface area is 118 Å². The van der Waals surface area contributed by atoms with Gasteiger partial charge < -0.3 is 14.8 Å². The van der Waals surface area contributed by atoms with E-state index in [0.29, 0.717) is 11.5 Å². The molecule has 1 rings (SSSR count).